The molecule has 0 saturated heterocycles. The second kappa shape index (κ2) is 5.86. The monoisotopic (exact) mass is 350 g/mol. The number of benzene rings is 2. The zero-order chi connectivity index (χ0) is 16.6. The number of hydrogen-bond acceptors (Lipinski definition) is 5. The molecule has 0 saturated carbocycles. The van der Waals surface area contributed by atoms with E-state index in [0.29, 0.717) is 15.7 Å². The van der Waals surface area contributed by atoms with E-state index >= 15 is 0 Å². The number of hydrogen-bond donors (Lipinski definition) is 2. The fourth-order valence-electron chi connectivity index (χ4n) is 2.06. The minimum atomic E-state index is -0.549. The minimum Gasteiger partial charge on any atom is -0.326 e. The third-order valence-corrected chi connectivity index (χ3v) is 3.46. The van der Waals surface area contributed by atoms with E-state index in [1.165, 1.54) is 18.2 Å². The number of rotatable bonds is 3. The lowest BCUT2D eigenvalue weighted by Gasteiger charge is -2.07. The normalized spacial score (nSPS) is 10.7. The SMILES string of the molecule is O=c1[nH]c(Nc2cc(Cl)cc(Cl)c2)nc2cc([N+](=O)[O-])ccc12. The molecule has 1 heterocycles. The number of fused-ring (bicyclic) bond motifs is 1. The van der Waals surface area contributed by atoms with E-state index < -0.39 is 10.5 Å². The minimum absolute atomic E-state index is 0.126. The number of anilines is 2. The Morgan fingerprint density at radius 1 is 1.13 bits per heavy atom. The van der Waals surface area contributed by atoms with Gasteiger partial charge in [-0.1, -0.05) is 23.2 Å². The Morgan fingerprint density at radius 3 is 2.48 bits per heavy atom. The van der Waals surface area contributed by atoms with Crippen LogP contribution in [0.5, 0.6) is 0 Å². The van der Waals surface area contributed by atoms with E-state index in [0.717, 1.165) is 0 Å². The van der Waals surface area contributed by atoms with E-state index in [2.05, 4.69) is 15.3 Å². The highest BCUT2D eigenvalue weighted by Crippen LogP contribution is 2.24. The number of aromatic amines is 1. The van der Waals surface area contributed by atoms with Gasteiger partial charge in [0.2, 0.25) is 5.95 Å². The van der Waals surface area contributed by atoms with E-state index in [4.69, 9.17) is 23.2 Å². The molecular weight excluding hydrogens is 343 g/mol. The summed E-state index contributed by atoms with van der Waals surface area (Å²) in [4.78, 5) is 29.1. The van der Waals surface area contributed by atoms with Crippen LogP contribution in [-0.4, -0.2) is 14.9 Å². The van der Waals surface area contributed by atoms with Crippen LogP contribution in [0.4, 0.5) is 17.3 Å². The van der Waals surface area contributed by atoms with Crippen molar-refractivity contribution in [3.05, 3.63) is 66.9 Å². The number of halogens is 2. The van der Waals surface area contributed by atoms with Crippen molar-refractivity contribution in [2.45, 2.75) is 0 Å². The summed E-state index contributed by atoms with van der Waals surface area (Å²) in [6.07, 6.45) is 0. The van der Waals surface area contributed by atoms with Gasteiger partial charge in [-0.25, -0.2) is 4.98 Å². The van der Waals surface area contributed by atoms with Gasteiger partial charge in [0.1, 0.15) is 0 Å². The zero-order valence-electron chi connectivity index (χ0n) is 11.3. The summed E-state index contributed by atoms with van der Waals surface area (Å²) in [5.74, 6) is 0.126. The van der Waals surface area contributed by atoms with Crippen LogP contribution in [0.15, 0.2) is 41.2 Å². The Bertz CT molecular complexity index is 967. The van der Waals surface area contributed by atoms with Gasteiger partial charge in [0.05, 0.1) is 15.8 Å². The summed E-state index contributed by atoms with van der Waals surface area (Å²) in [5.41, 5.74) is 0.168. The standard InChI is InChI=1S/C14H8Cl2N4O3/c15-7-3-8(16)5-9(4-7)17-14-18-12-6-10(20(22)23)1-2-11(12)13(21)19-14/h1-6H,(H2,17,18,19,21). The quantitative estimate of drug-likeness (QED) is 0.551. The van der Waals surface area contributed by atoms with Crippen LogP contribution in [0.25, 0.3) is 10.9 Å². The van der Waals surface area contributed by atoms with Crippen LogP contribution in [0.3, 0.4) is 0 Å². The number of H-pyrrole nitrogens is 1. The molecule has 3 rings (SSSR count). The summed E-state index contributed by atoms with van der Waals surface area (Å²) in [6.45, 7) is 0. The van der Waals surface area contributed by atoms with E-state index in [1.54, 1.807) is 18.2 Å². The molecule has 7 nitrogen and oxygen atoms in total. The van der Waals surface area contributed by atoms with Gasteiger partial charge in [0.15, 0.2) is 0 Å². The summed E-state index contributed by atoms with van der Waals surface area (Å²) < 4.78 is 0. The van der Waals surface area contributed by atoms with Crippen LogP contribution in [0, 0.1) is 10.1 Å². The maximum Gasteiger partial charge on any atom is 0.271 e. The van der Waals surface area contributed by atoms with E-state index in [1.807, 2.05) is 0 Å². The fraction of sp³-hybridized carbons (Fsp3) is 0. The van der Waals surface area contributed by atoms with Crippen LogP contribution in [-0.2, 0) is 0 Å². The Labute approximate surface area is 139 Å². The Hall–Kier alpha value is -2.64. The predicted molar refractivity (Wildman–Crippen MR) is 88.8 cm³/mol. The first-order valence-corrected chi connectivity index (χ1v) is 7.09. The van der Waals surface area contributed by atoms with E-state index in [9.17, 15) is 14.9 Å². The fourth-order valence-corrected chi connectivity index (χ4v) is 2.59. The number of aromatic nitrogens is 2. The van der Waals surface area contributed by atoms with Gasteiger partial charge in [0.25, 0.3) is 11.2 Å². The van der Waals surface area contributed by atoms with Crippen molar-refractivity contribution in [3.8, 4) is 0 Å². The van der Waals surface area contributed by atoms with Crippen LogP contribution >= 0.6 is 23.2 Å². The third kappa shape index (κ3) is 3.25. The molecule has 23 heavy (non-hydrogen) atoms. The van der Waals surface area contributed by atoms with Crippen molar-refractivity contribution in [1.29, 1.82) is 0 Å². The summed E-state index contributed by atoms with van der Waals surface area (Å²) in [7, 11) is 0. The van der Waals surface area contributed by atoms with Crippen molar-refractivity contribution in [2.75, 3.05) is 5.32 Å². The molecule has 116 valence electrons. The molecule has 0 aliphatic rings. The maximum absolute atomic E-state index is 12.0. The second-order valence-corrected chi connectivity index (χ2v) is 5.53. The average molecular weight is 351 g/mol. The zero-order valence-corrected chi connectivity index (χ0v) is 12.9. The Balaban J connectivity index is 2.07. The van der Waals surface area contributed by atoms with E-state index in [-0.39, 0.29) is 22.5 Å². The highest BCUT2D eigenvalue weighted by atomic mass is 35.5. The van der Waals surface area contributed by atoms with Crippen LogP contribution in [0.2, 0.25) is 10.0 Å². The third-order valence-electron chi connectivity index (χ3n) is 3.03. The molecular formula is C14H8Cl2N4O3. The molecule has 2 N–H and O–H groups in total. The predicted octanol–water partition coefficient (Wildman–Crippen LogP) is 3.88. The summed E-state index contributed by atoms with van der Waals surface area (Å²) >= 11 is 11.8. The first kappa shape index (κ1) is 15.3. The van der Waals surface area contributed by atoms with Crippen molar-refractivity contribution in [1.82, 2.24) is 9.97 Å². The molecule has 0 aliphatic carbocycles. The lowest BCUT2D eigenvalue weighted by molar-refractivity contribution is -0.384. The van der Waals surface area contributed by atoms with Crippen molar-refractivity contribution >= 4 is 51.4 Å². The highest BCUT2D eigenvalue weighted by molar-refractivity contribution is 6.35. The average Bonchev–Trinajstić information content (AvgIpc) is 2.45. The molecule has 0 atom stereocenters. The van der Waals surface area contributed by atoms with Gasteiger partial charge in [-0.2, -0.15) is 0 Å². The molecule has 0 fully saturated rings. The summed E-state index contributed by atoms with van der Waals surface area (Å²) in [5, 5.41) is 14.8. The van der Waals surface area contributed by atoms with Gasteiger partial charge in [-0.3, -0.25) is 19.9 Å². The molecule has 3 aromatic rings. The number of nitro benzene ring substituents is 1. The second-order valence-electron chi connectivity index (χ2n) is 4.66. The molecule has 0 unspecified atom stereocenters. The highest BCUT2D eigenvalue weighted by Gasteiger charge is 2.10. The molecule has 1 aromatic heterocycles. The van der Waals surface area contributed by atoms with Gasteiger partial charge < -0.3 is 5.32 Å². The molecule has 0 aliphatic heterocycles. The summed E-state index contributed by atoms with van der Waals surface area (Å²) in [6, 6.07) is 8.62. The lowest BCUT2D eigenvalue weighted by Crippen LogP contribution is -2.11. The van der Waals surface area contributed by atoms with Gasteiger partial charge >= 0.3 is 0 Å². The van der Waals surface area contributed by atoms with Gasteiger partial charge in [-0.15, -0.1) is 0 Å². The number of nitrogens with zero attached hydrogens (tertiary/aromatic N) is 2. The van der Waals surface area contributed by atoms with Crippen molar-refractivity contribution in [2.24, 2.45) is 0 Å². The van der Waals surface area contributed by atoms with Crippen LogP contribution < -0.4 is 10.9 Å². The first-order valence-electron chi connectivity index (χ1n) is 6.34. The molecule has 0 amide bonds. The van der Waals surface area contributed by atoms with Gasteiger partial charge in [-0.05, 0) is 24.3 Å². The number of nitrogens with one attached hydrogen (secondary N) is 2. The molecule has 2 aromatic carbocycles. The first-order chi connectivity index (χ1) is 10.9. The Morgan fingerprint density at radius 2 is 1.83 bits per heavy atom. The molecule has 0 spiro atoms. The maximum atomic E-state index is 12.0. The van der Waals surface area contributed by atoms with Gasteiger partial charge in [0, 0.05) is 27.9 Å². The van der Waals surface area contributed by atoms with Crippen molar-refractivity contribution in [3.63, 3.8) is 0 Å². The number of non-ortho nitro benzene ring substituents is 1. The Kier molecular flexibility index (Phi) is 3.89. The molecule has 0 bridgehead atoms. The van der Waals surface area contributed by atoms with Crippen molar-refractivity contribution < 1.29 is 4.92 Å². The molecule has 0 radical (unpaired) electrons. The topological polar surface area (TPSA) is 101 Å². The van der Waals surface area contributed by atoms with Crippen LogP contribution in [0.1, 0.15) is 0 Å². The molecule has 9 heteroatoms. The smallest absolute Gasteiger partial charge is 0.271 e. The largest absolute Gasteiger partial charge is 0.326 e. The lowest BCUT2D eigenvalue weighted by atomic mass is 10.2. The number of nitro groups is 1.